The van der Waals surface area contributed by atoms with Gasteiger partial charge in [-0.2, -0.15) is 5.10 Å². The third-order valence-electron chi connectivity index (χ3n) is 6.67. The highest BCUT2D eigenvalue weighted by Gasteiger charge is 2.49. The van der Waals surface area contributed by atoms with Crippen molar-refractivity contribution >= 4 is 11.6 Å². The number of aromatic nitrogens is 3. The van der Waals surface area contributed by atoms with Gasteiger partial charge in [-0.25, -0.2) is 9.50 Å². The van der Waals surface area contributed by atoms with Crippen LogP contribution in [0.2, 0.25) is 0 Å². The van der Waals surface area contributed by atoms with Gasteiger partial charge in [-0.05, 0) is 69.3 Å². The highest BCUT2D eigenvalue weighted by Crippen LogP contribution is 2.51. The Bertz CT molecular complexity index is 798. The summed E-state index contributed by atoms with van der Waals surface area (Å²) in [7, 11) is 0. The van der Waals surface area contributed by atoms with E-state index >= 15 is 0 Å². The molecular weight excluding hydrogens is 300 g/mol. The van der Waals surface area contributed by atoms with E-state index in [1.165, 1.54) is 25.7 Å². The van der Waals surface area contributed by atoms with Crippen molar-refractivity contribution in [1.29, 1.82) is 0 Å². The maximum Gasteiger partial charge on any atom is 0.272 e. The maximum atomic E-state index is 13.1. The van der Waals surface area contributed by atoms with Crippen molar-refractivity contribution < 1.29 is 4.79 Å². The molecule has 1 saturated heterocycles. The zero-order chi connectivity index (χ0) is 16.4. The molecule has 5 nitrogen and oxygen atoms in total. The van der Waals surface area contributed by atoms with E-state index in [-0.39, 0.29) is 5.91 Å². The van der Waals surface area contributed by atoms with Crippen molar-refractivity contribution in [3.63, 3.8) is 0 Å². The average Bonchev–Trinajstić information content (AvgIpc) is 3.19. The van der Waals surface area contributed by atoms with Crippen LogP contribution < -0.4 is 0 Å². The van der Waals surface area contributed by atoms with Crippen molar-refractivity contribution in [1.82, 2.24) is 19.5 Å². The van der Waals surface area contributed by atoms with Crippen molar-refractivity contribution in [2.24, 2.45) is 23.7 Å². The lowest BCUT2D eigenvalue weighted by molar-refractivity contribution is 0.0577. The number of hydrogen-bond acceptors (Lipinski definition) is 3. The Morgan fingerprint density at radius 3 is 2.29 bits per heavy atom. The molecule has 2 aromatic rings. The van der Waals surface area contributed by atoms with Crippen molar-refractivity contribution in [3.05, 3.63) is 29.2 Å². The van der Waals surface area contributed by atoms with Crippen molar-refractivity contribution in [2.45, 2.75) is 39.5 Å². The van der Waals surface area contributed by atoms with Gasteiger partial charge in [0, 0.05) is 24.8 Å². The summed E-state index contributed by atoms with van der Waals surface area (Å²) in [6, 6.07) is 3.83. The minimum absolute atomic E-state index is 0.105. The molecule has 0 radical (unpaired) electrons. The number of nitrogens with zero attached hydrogens (tertiary/aromatic N) is 4. The molecule has 0 N–H and O–H groups in total. The minimum Gasteiger partial charge on any atom is -0.337 e. The number of fused-ring (bicyclic) bond motifs is 3. The molecule has 0 unspecified atom stereocenters. The number of carbonyl (C=O) groups is 1. The molecule has 5 heteroatoms. The molecule has 0 aromatic carbocycles. The molecule has 3 aliphatic carbocycles. The lowest BCUT2D eigenvalue weighted by Gasteiger charge is -2.44. The number of carbonyl (C=O) groups excluding carboxylic acids is 1. The van der Waals surface area contributed by atoms with Gasteiger partial charge in [-0.15, -0.1) is 0 Å². The summed E-state index contributed by atoms with van der Waals surface area (Å²) in [5, 5.41) is 4.43. The van der Waals surface area contributed by atoms with Gasteiger partial charge >= 0.3 is 0 Å². The summed E-state index contributed by atoms with van der Waals surface area (Å²) < 4.78 is 1.82. The van der Waals surface area contributed by atoms with Gasteiger partial charge in [0.2, 0.25) is 0 Å². The molecule has 126 valence electrons. The van der Waals surface area contributed by atoms with E-state index in [9.17, 15) is 4.79 Å². The van der Waals surface area contributed by atoms with Crippen LogP contribution in [0.5, 0.6) is 0 Å². The molecule has 4 aliphatic rings. The number of rotatable bonds is 1. The second kappa shape index (κ2) is 5.04. The Morgan fingerprint density at radius 1 is 1.04 bits per heavy atom. The van der Waals surface area contributed by atoms with E-state index in [1.807, 2.05) is 30.5 Å². The summed E-state index contributed by atoms with van der Waals surface area (Å²) >= 11 is 0. The Kier molecular flexibility index (Phi) is 3.03. The average molecular weight is 324 g/mol. The molecule has 6 rings (SSSR count). The first-order valence-corrected chi connectivity index (χ1v) is 9.23. The van der Waals surface area contributed by atoms with Crippen LogP contribution >= 0.6 is 0 Å². The summed E-state index contributed by atoms with van der Waals surface area (Å²) in [5.41, 5.74) is 3.24. The lowest BCUT2D eigenvalue weighted by atomic mass is 9.60. The first kappa shape index (κ1) is 14.4. The molecule has 2 bridgehead atoms. The maximum absolute atomic E-state index is 13.1. The Balaban J connectivity index is 1.45. The van der Waals surface area contributed by atoms with Gasteiger partial charge < -0.3 is 4.90 Å². The molecule has 1 amide bonds. The predicted octanol–water partition coefficient (Wildman–Crippen LogP) is 2.85. The monoisotopic (exact) mass is 324 g/mol. The zero-order valence-corrected chi connectivity index (χ0v) is 14.4. The third kappa shape index (κ3) is 2.03. The highest BCUT2D eigenvalue weighted by atomic mass is 16.2. The van der Waals surface area contributed by atoms with Crippen LogP contribution in [0, 0.1) is 37.5 Å². The van der Waals surface area contributed by atoms with Crippen LogP contribution in [0.1, 0.15) is 47.6 Å². The fourth-order valence-electron chi connectivity index (χ4n) is 5.53. The number of amides is 1. The van der Waals surface area contributed by atoms with E-state index in [0.717, 1.165) is 53.8 Å². The summed E-state index contributed by atoms with van der Waals surface area (Å²) in [5.74, 6) is 3.29. The Morgan fingerprint density at radius 2 is 1.67 bits per heavy atom. The van der Waals surface area contributed by atoms with E-state index < -0.39 is 0 Å². The molecular formula is C19H24N4O. The lowest BCUT2D eigenvalue weighted by Crippen LogP contribution is -2.38. The second-order valence-electron chi connectivity index (χ2n) is 8.05. The molecule has 0 spiro atoms. The smallest absolute Gasteiger partial charge is 0.272 e. The van der Waals surface area contributed by atoms with Crippen LogP contribution in [0.15, 0.2) is 12.1 Å². The number of hydrogen-bond donors (Lipinski definition) is 0. The molecule has 1 aliphatic heterocycles. The predicted molar refractivity (Wildman–Crippen MR) is 90.8 cm³/mol. The van der Waals surface area contributed by atoms with Crippen molar-refractivity contribution in [2.75, 3.05) is 13.1 Å². The second-order valence-corrected chi connectivity index (χ2v) is 8.05. The summed E-state index contributed by atoms with van der Waals surface area (Å²) in [4.78, 5) is 19.7. The molecule has 2 aromatic heterocycles. The molecule has 3 saturated carbocycles. The SMILES string of the molecule is Cc1cc2nc(C(=O)N3C[C@@H]4C5CCC(CC5)[C@@H]4C3)cc(C)n2n1. The normalized spacial score (nSPS) is 31.7. The largest absolute Gasteiger partial charge is 0.337 e. The quantitative estimate of drug-likeness (QED) is 0.810. The molecule has 3 heterocycles. The fraction of sp³-hybridized carbons (Fsp3) is 0.632. The van der Waals surface area contributed by atoms with Crippen LogP contribution in [0.4, 0.5) is 0 Å². The van der Waals surface area contributed by atoms with Gasteiger partial charge in [0.05, 0.1) is 5.69 Å². The fourth-order valence-corrected chi connectivity index (χ4v) is 5.53. The van der Waals surface area contributed by atoms with E-state index in [4.69, 9.17) is 0 Å². The van der Waals surface area contributed by atoms with Crippen molar-refractivity contribution in [3.8, 4) is 0 Å². The van der Waals surface area contributed by atoms with E-state index in [1.54, 1.807) is 0 Å². The standard InChI is InChI=1S/C19H24N4O/c1-11-7-18-20-17(8-12(2)23(18)21-11)19(24)22-9-15-13-3-4-14(6-5-13)16(15)10-22/h7-8,13-16H,3-6,9-10H2,1-2H3/t13?,14?,15-,16+. The Hall–Kier alpha value is -1.91. The highest BCUT2D eigenvalue weighted by molar-refractivity contribution is 5.93. The first-order chi connectivity index (χ1) is 11.6. The third-order valence-corrected chi connectivity index (χ3v) is 6.67. The number of likely N-dealkylation sites (tertiary alicyclic amines) is 1. The molecule has 4 fully saturated rings. The van der Waals surface area contributed by atoms with Gasteiger partial charge in [-0.1, -0.05) is 0 Å². The van der Waals surface area contributed by atoms with Gasteiger partial charge in [0.25, 0.3) is 5.91 Å². The van der Waals surface area contributed by atoms with Gasteiger partial charge in [0.15, 0.2) is 5.65 Å². The van der Waals surface area contributed by atoms with Crippen LogP contribution in [-0.2, 0) is 0 Å². The van der Waals surface area contributed by atoms with Crippen LogP contribution in [0.25, 0.3) is 5.65 Å². The van der Waals surface area contributed by atoms with E-state index in [2.05, 4.69) is 15.0 Å². The molecule has 2 atom stereocenters. The van der Waals surface area contributed by atoms with Gasteiger partial charge in [0.1, 0.15) is 5.69 Å². The Labute approximate surface area is 142 Å². The minimum atomic E-state index is 0.105. The summed E-state index contributed by atoms with van der Waals surface area (Å²) in [6.07, 6.45) is 5.52. The zero-order valence-electron chi connectivity index (χ0n) is 14.4. The van der Waals surface area contributed by atoms with E-state index in [0.29, 0.717) is 5.69 Å². The molecule has 24 heavy (non-hydrogen) atoms. The summed E-state index contributed by atoms with van der Waals surface area (Å²) in [6.45, 7) is 5.82. The first-order valence-electron chi connectivity index (χ1n) is 9.23. The van der Waals surface area contributed by atoms with Crippen LogP contribution in [-0.4, -0.2) is 38.5 Å². The topological polar surface area (TPSA) is 50.5 Å². The van der Waals surface area contributed by atoms with Crippen LogP contribution in [0.3, 0.4) is 0 Å². The van der Waals surface area contributed by atoms with Gasteiger partial charge in [-0.3, -0.25) is 4.79 Å². The number of aryl methyl sites for hydroxylation is 2.